The van der Waals surface area contributed by atoms with Gasteiger partial charge >= 0.3 is 6.03 Å². The third kappa shape index (κ3) is 3.23. The van der Waals surface area contributed by atoms with E-state index in [1.807, 2.05) is 26.0 Å². The van der Waals surface area contributed by atoms with Gasteiger partial charge in [0, 0.05) is 16.8 Å². The van der Waals surface area contributed by atoms with Crippen LogP contribution in [-0.2, 0) is 4.74 Å². The number of urea groups is 1. The third-order valence-corrected chi connectivity index (χ3v) is 4.21. The van der Waals surface area contributed by atoms with Crippen LogP contribution in [0.4, 0.5) is 10.5 Å². The van der Waals surface area contributed by atoms with Crippen molar-refractivity contribution in [1.29, 1.82) is 0 Å². The van der Waals surface area contributed by atoms with Crippen LogP contribution in [0.25, 0.3) is 0 Å². The number of ether oxygens (including phenoxy) is 1. The number of carbonyl (C=O) groups excluding carboxylic acids is 1. The number of aryl methyl sites for hydroxylation is 2. The first-order valence-corrected chi connectivity index (χ1v) is 6.77. The fourth-order valence-corrected chi connectivity index (χ4v) is 2.25. The highest BCUT2D eigenvalue weighted by Gasteiger charge is 2.17. The zero-order chi connectivity index (χ0) is 13.1. The molecule has 1 aliphatic rings. The number of carbonyl (C=O) groups is 1. The highest BCUT2D eigenvalue weighted by molar-refractivity contribution is 9.10. The van der Waals surface area contributed by atoms with Gasteiger partial charge < -0.3 is 15.4 Å². The molecule has 1 fully saturated rings. The van der Waals surface area contributed by atoms with E-state index in [0.29, 0.717) is 6.61 Å². The van der Waals surface area contributed by atoms with Gasteiger partial charge in [0.15, 0.2) is 0 Å². The van der Waals surface area contributed by atoms with Gasteiger partial charge in [0.1, 0.15) is 0 Å². The Hall–Kier alpha value is -1.07. The molecule has 0 spiro atoms. The Balaban J connectivity index is 1.98. The van der Waals surface area contributed by atoms with Crippen molar-refractivity contribution in [3.8, 4) is 0 Å². The summed E-state index contributed by atoms with van der Waals surface area (Å²) >= 11 is 3.51. The monoisotopic (exact) mass is 312 g/mol. The molecular weight excluding hydrogens is 296 g/mol. The predicted molar refractivity (Wildman–Crippen MR) is 75.0 cm³/mol. The largest absolute Gasteiger partial charge is 0.379 e. The minimum absolute atomic E-state index is 0.127. The van der Waals surface area contributed by atoms with Gasteiger partial charge in [0.2, 0.25) is 0 Å². The number of nitrogens with one attached hydrogen (secondary N) is 2. The normalized spacial score (nSPS) is 18.7. The van der Waals surface area contributed by atoms with Crippen LogP contribution in [0.5, 0.6) is 0 Å². The lowest BCUT2D eigenvalue weighted by Crippen LogP contribution is -2.38. The van der Waals surface area contributed by atoms with Crippen LogP contribution in [0.2, 0.25) is 0 Å². The van der Waals surface area contributed by atoms with E-state index in [9.17, 15) is 4.79 Å². The van der Waals surface area contributed by atoms with E-state index in [2.05, 4.69) is 26.6 Å². The Morgan fingerprint density at radius 1 is 1.39 bits per heavy atom. The van der Waals surface area contributed by atoms with Crippen molar-refractivity contribution in [1.82, 2.24) is 5.32 Å². The van der Waals surface area contributed by atoms with Crippen molar-refractivity contribution in [2.75, 3.05) is 18.5 Å². The molecule has 0 saturated carbocycles. The number of hydrogen-bond donors (Lipinski definition) is 2. The first kappa shape index (κ1) is 13.4. The Morgan fingerprint density at radius 3 is 2.61 bits per heavy atom. The van der Waals surface area contributed by atoms with Crippen LogP contribution in [0.15, 0.2) is 16.6 Å². The van der Waals surface area contributed by atoms with Crippen molar-refractivity contribution >= 4 is 27.6 Å². The maximum absolute atomic E-state index is 11.8. The average molecular weight is 313 g/mol. The number of anilines is 1. The fourth-order valence-electron chi connectivity index (χ4n) is 2.02. The highest BCUT2D eigenvalue weighted by Crippen LogP contribution is 2.24. The van der Waals surface area contributed by atoms with Crippen LogP contribution in [0, 0.1) is 13.8 Å². The highest BCUT2D eigenvalue weighted by atomic mass is 79.9. The molecule has 18 heavy (non-hydrogen) atoms. The van der Waals surface area contributed by atoms with Gasteiger partial charge in [-0.05, 0) is 43.5 Å². The topological polar surface area (TPSA) is 50.4 Å². The van der Waals surface area contributed by atoms with Crippen molar-refractivity contribution in [3.63, 3.8) is 0 Å². The minimum Gasteiger partial charge on any atom is -0.379 e. The average Bonchev–Trinajstić information content (AvgIpc) is 2.78. The summed E-state index contributed by atoms with van der Waals surface area (Å²) in [5.41, 5.74) is 3.02. The maximum Gasteiger partial charge on any atom is 0.319 e. The number of benzene rings is 1. The predicted octanol–water partition coefficient (Wildman–Crippen LogP) is 2.98. The first-order valence-electron chi connectivity index (χ1n) is 5.98. The van der Waals surface area contributed by atoms with Gasteiger partial charge in [-0.15, -0.1) is 0 Å². The molecule has 0 aromatic heterocycles. The zero-order valence-electron chi connectivity index (χ0n) is 10.5. The van der Waals surface area contributed by atoms with Crippen molar-refractivity contribution in [2.45, 2.75) is 26.3 Å². The molecule has 1 aromatic carbocycles. The van der Waals surface area contributed by atoms with Crippen molar-refractivity contribution in [2.24, 2.45) is 0 Å². The maximum atomic E-state index is 11.8. The van der Waals surface area contributed by atoms with E-state index in [0.717, 1.165) is 34.3 Å². The number of amides is 2. The Morgan fingerprint density at radius 2 is 2.06 bits per heavy atom. The van der Waals surface area contributed by atoms with E-state index in [-0.39, 0.29) is 12.1 Å². The van der Waals surface area contributed by atoms with Crippen molar-refractivity contribution < 1.29 is 9.53 Å². The molecule has 2 amide bonds. The van der Waals surface area contributed by atoms with E-state index in [1.54, 1.807) is 0 Å². The number of rotatable bonds is 2. The summed E-state index contributed by atoms with van der Waals surface area (Å²) in [4.78, 5) is 11.8. The summed E-state index contributed by atoms with van der Waals surface area (Å²) in [6, 6.07) is 3.85. The molecule has 2 N–H and O–H groups in total. The molecule has 1 aliphatic heterocycles. The molecule has 5 heteroatoms. The Labute approximate surface area is 115 Å². The molecule has 1 heterocycles. The first-order chi connectivity index (χ1) is 8.56. The second-order valence-electron chi connectivity index (χ2n) is 4.58. The molecule has 0 bridgehead atoms. The van der Waals surface area contributed by atoms with Gasteiger partial charge in [0.05, 0.1) is 12.6 Å². The molecule has 0 radical (unpaired) electrons. The van der Waals surface area contributed by atoms with Gasteiger partial charge in [-0.1, -0.05) is 15.9 Å². The molecular formula is C13H17BrN2O2. The van der Waals surface area contributed by atoms with E-state index >= 15 is 0 Å². The van der Waals surface area contributed by atoms with E-state index < -0.39 is 0 Å². The Bertz CT molecular complexity index is 433. The van der Waals surface area contributed by atoms with Crippen LogP contribution in [0.3, 0.4) is 0 Å². The summed E-state index contributed by atoms with van der Waals surface area (Å²) in [5.74, 6) is 0. The lowest BCUT2D eigenvalue weighted by molar-refractivity contribution is 0.189. The third-order valence-electron chi connectivity index (χ3n) is 2.96. The molecule has 1 unspecified atom stereocenters. The SMILES string of the molecule is Cc1cc(NC(=O)NC2CCOC2)cc(C)c1Br. The van der Waals surface area contributed by atoms with Gasteiger partial charge in [0.25, 0.3) is 0 Å². The summed E-state index contributed by atoms with van der Waals surface area (Å²) in [7, 11) is 0. The standard InChI is InChI=1S/C13H17BrN2O2/c1-8-5-11(6-9(2)12(8)14)16-13(17)15-10-3-4-18-7-10/h5-6,10H,3-4,7H2,1-2H3,(H2,15,16,17). The van der Waals surface area contributed by atoms with Crippen molar-refractivity contribution in [3.05, 3.63) is 27.7 Å². The Kier molecular flexibility index (Phi) is 4.24. The lowest BCUT2D eigenvalue weighted by Gasteiger charge is -2.13. The van der Waals surface area contributed by atoms with Crippen LogP contribution in [0.1, 0.15) is 17.5 Å². The molecule has 1 saturated heterocycles. The van der Waals surface area contributed by atoms with Crippen LogP contribution >= 0.6 is 15.9 Å². The van der Waals surface area contributed by atoms with E-state index in [1.165, 1.54) is 0 Å². The van der Waals surface area contributed by atoms with Gasteiger partial charge in [-0.3, -0.25) is 0 Å². The molecule has 1 aromatic rings. The quantitative estimate of drug-likeness (QED) is 0.882. The lowest BCUT2D eigenvalue weighted by atomic mass is 10.1. The summed E-state index contributed by atoms with van der Waals surface area (Å²) in [6.45, 7) is 5.34. The molecule has 2 rings (SSSR count). The molecule has 4 nitrogen and oxygen atoms in total. The number of hydrogen-bond acceptors (Lipinski definition) is 2. The van der Waals surface area contributed by atoms with Crippen LogP contribution < -0.4 is 10.6 Å². The van der Waals surface area contributed by atoms with Crippen LogP contribution in [-0.4, -0.2) is 25.3 Å². The molecule has 1 atom stereocenters. The summed E-state index contributed by atoms with van der Waals surface area (Å²) in [5, 5.41) is 5.75. The minimum atomic E-state index is -0.174. The second-order valence-corrected chi connectivity index (χ2v) is 5.38. The second kappa shape index (κ2) is 5.71. The summed E-state index contributed by atoms with van der Waals surface area (Å²) in [6.07, 6.45) is 0.881. The molecule has 98 valence electrons. The number of halogens is 1. The smallest absolute Gasteiger partial charge is 0.319 e. The van der Waals surface area contributed by atoms with E-state index in [4.69, 9.17) is 4.74 Å². The summed E-state index contributed by atoms with van der Waals surface area (Å²) < 4.78 is 6.29. The fraction of sp³-hybridized carbons (Fsp3) is 0.462. The zero-order valence-corrected chi connectivity index (χ0v) is 12.1. The molecule has 0 aliphatic carbocycles. The van der Waals surface area contributed by atoms with Gasteiger partial charge in [-0.2, -0.15) is 0 Å². The van der Waals surface area contributed by atoms with Gasteiger partial charge in [-0.25, -0.2) is 4.79 Å².